The Balaban J connectivity index is 2.40. The van der Waals surface area contributed by atoms with Gasteiger partial charge >= 0.3 is 5.97 Å². The number of hydrogen-bond donors (Lipinski definition) is 2. The lowest BCUT2D eigenvalue weighted by Gasteiger charge is -2.13. The zero-order valence-electron chi connectivity index (χ0n) is 10.6. The van der Waals surface area contributed by atoms with Crippen molar-refractivity contribution < 1.29 is 19.4 Å². The standard InChI is InChI=1S/C12H11ClN2O4S/c1-18-8-4-9(19-2)7(3-6(8)13)15-11-10(12(16)17)14-5-20-11/h3-5,15H,1-2H3,(H,16,17). The van der Waals surface area contributed by atoms with Gasteiger partial charge in [-0.05, 0) is 6.07 Å². The third-order valence-electron chi connectivity index (χ3n) is 2.49. The van der Waals surface area contributed by atoms with Gasteiger partial charge in [-0.25, -0.2) is 9.78 Å². The Morgan fingerprint density at radius 1 is 1.35 bits per heavy atom. The molecule has 0 aliphatic rings. The number of carbonyl (C=O) groups is 1. The predicted molar refractivity (Wildman–Crippen MR) is 76.9 cm³/mol. The number of rotatable bonds is 5. The summed E-state index contributed by atoms with van der Waals surface area (Å²) in [6, 6.07) is 3.22. The van der Waals surface area contributed by atoms with E-state index in [1.807, 2.05) is 0 Å². The van der Waals surface area contributed by atoms with Crippen LogP contribution in [0.15, 0.2) is 17.6 Å². The number of ether oxygens (including phenoxy) is 2. The maximum Gasteiger partial charge on any atom is 0.357 e. The van der Waals surface area contributed by atoms with Crippen molar-refractivity contribution in [1.82, 2.24) is 4.98 Å². The van der Waals surface area contributed by atoms with E-state index in [9.17, 15) is 4.79 Å². The van der Waals surface area contributed by atoms with Crippen LogP contribution in [-0.4, -0.2) is 30.3 Å². The molecule has 0 unspecified atom stereocenters. The van der Waals surface area contributed by atoms with Gasteiger partial charge in [-0.15, -0.1) is 11.3 Å². The predicted octanol–water partition coefficient (Wildman–Crippen LogP) is 3.26. The Hall–Kier alpha value is -1.99. The Morgan fingerprint density at radius 3 is 2.65 bits per heavy atom. The van der Waals surface area contributed by atoms with Gasteiger partial charge in [0.25, 0.3) is 0 Å². The molecule has 1 heterocycles. The van der Waals surface area contributed by atoms with E-state index in [-0.39, 0.29) is 5.69 Å². The van der Waals surface area contributed by atoms with E-state index < -0.39 is 5.97 Å². The monoisotopic (exact) mass is 314 g/mol. The fourth-order valence-corrected chi connectivity index (χ4v) is 2.49. The van der Waals surface area contributed by atoms with Crippen LogP contribution < -0.4 is 14.8 Å². The molecule has 2 N–H and O–H groups in total. The molecular formula is C12H11ClN2O4S. The first-order valence-corrected chi connectivity index (χ1v) is 6.68. The molecule has 1 aromatic heterocycles. The number of benzene rings is 1. The minimum atomic E-state index is -1.10. The Kier molecular flexibility index (Phi) is 4.31. The van der Waals surface area contributed by atoms with Crippen molar-refractivity contribution >= 4 is 39.6 Å². The van der Waals surface area contributed by atoms with E-state index in [4.69, 9.17) is 26.2 Å². The van der Waals surface area contributed by atoms with Crippen molar-refractivity contribution in [3.8, 4) is 11.5 Å². The third-order valence-corrected chi connectivity index (χ3v) is 3.53. The highest BCUT2D eigenvalue weighted by atomic mass is 35.5. The molecule has 106 valence electrons. The zero-order chi connectivity index (χ0) is 14.7. The van der Waals surface area contributed by atoms with E-state index >= 15 is 0 Å². The summed E-state index contributed by atoms with van der Waals surface area (Å²) in [6.07, 6.45) is 0. The van der Waals surface area contributed by atoms with Crippen molar-refractivity contribution in [3.05, 3.63) is 28.4 Å². The zero-order valence-corrected chi connectivity index (χ0v) is 12.2. The molecule has 2 aromatic rings. The average Bonchev–Trinajstić information content (AvgIpc) is 2.87. The van der Waals surface area contributed by atoms with Crippen molar-refractivity contribution in [2.75, 3.05) is 19.5 Å². The molecule has 0 saturated heterocycles. The van der Waals surface area contributed by atoms with Gasteiger partial charge in [-0.1, -0.05) is 11.6 Å². The lowest BCUT2D eigenvalue weighted by Crippen LogP contribution is -2.02. The van der Waals surface area contributed by atoms with E-state index in [0.29, 0.717) is 27.2 Å². The average molecular weight is 315 g/mol. The molecule has 1 aromatic carbocycles. The topological polar surface area (TPSA) is 80.7 Å². The van der Waals surface area contributed by atoms with Gasteiger partial charge < -0.3 is 19.9 Å². The molecule has 0 aliphatic carbocycles. The van der Waals surface area contributed by atoms with Crippen molar-refractivity contribution in [3.63, 3.8) is 0 Å². The number of halogens is 1. The maximum absolute atomic E-state index is 11.0. The molecule has 20 heavy (non-hydrogen) atoms. The number of nitrogens with zero attached hydrogens (tertiary/aromatic N) is 1. The summed E-state index contributed by atoms with van der Waals surface area (Å²) < 4.78 is 10.3. The minimum absolute atomic E-state index is 0.0519. The lowest BCUT2D eigenvalue weighted by molar-refractivity contribution is 0.0692. The molecule has 0 bridgehead atoms. The Bertz CT molecular complexity index is 644. The first-order chi connectivity index (χ1) is 9.56. The van der Waals surface area contributed by atoms with Crippen molar-refractivity contribution in [2.45, 2.75) is 0 Å². The second-order valence-electron chi connectivity index (χ2n) is 3.65. The van der Waals surface area contributed by atoms with Crippen LogP contribution in [0, 0.1) is 0 Å². The summed E-state index contributed by atoms with van der Waals surface area (Å²) in [6.45, 7) is 0. The largest absolute Gasteiger partial charge is 0.495 e. The molecule has 0 spiro atoms. The number of aromatic nitrogens is 1. The molecule has 0 aliphatic heterocycles. The second kappa shape index (κ2) is 5.98. The van der Waals surface area contributed by atoms with Gasteiger partial charge in [0.2, 0.25) is 0 Å². The molecule has 2 rings (SSSR count). The van der Waals surface area contributed by atoms with Crippen LogP contribution in [0.5, 0.6) is 11.5 Å². The van der Waals surface area contributed by atoms with E-state index in [1.165, 1.54) is 31.1 Å². The van der Waals surface area contributed by atoms with Gasteiger partial charge in [0.05, 0.1) is 30.4 Å². The van der Waals surface area contributed by atoms with E-state index in [1.54, 1.807) is 12.1 Å². The number of carboxylic acid groups (broad SMARTS) is 1. The number of thiazole rings is 1. The van der Waals surface area contributed by atoms with Crippen LogP contribution in [0.2, 0.25) is 5.02 Å². The molecule has 0 amide bonds. The van der Waals surface area contributed by atoms with Crippen molar-refractivity contribution in [2.24, 2.45) is 0 Å². The summed E-state index contributed by atoms with van der Waals surface area (Å²) in [7, 11) is 3.00. The second-order valence-corrected chi connectivity index (χ2v) is 4.91. The number of methoxy groups -OCH3 is 2. The van der Waals surface area contributed by atoms with Crippen LogP contribution >= 0.6 is 22.9 Å². The molecule has 0 fully saturated rings. The molecule has 0 saturated carbocycles. The number of nitrogens with one attached hydrogen (secondary N) is 1. The van der Waals surface area contributed by atoms with E-state index in [0.717, 1.165) is 0 Å². The molecule has 6 nitrogen and oxygen atoms in total. The number of carboxylic acids is 1. The highest BCUT2D eigenvalue weighted by Gasteiger charge is 2.16. The van der Waals surface area contributed by atoms with Crippen LogP contribution in [-0.2, 0) is 0 Å². The van der Waals surface area contributed by atoms with Crippen LogP contribution in [0.1, 0.15) is 10.5 Å². The molecule has 8 heteroatoms. The van der Waals surface area contributed by atoms with Gasteiger partial charge in [0.15, 0.2) is 5.69 Å². The SMILES string of the molecule is COc1cc(OC)c(Nc2scnc2C(=O)O)cc1Cl. The fraction of sp³-hybridized carbons (Fsp3) is 0.167. The maximum atomic E-state index is 11.0. The summed E-state index contributed by atoms with van der Waals surface area (Å²) in [5.41, 5.74) is 1.93. The van der Waals surface area contributed by atoms with Gasteiger partial charge in [0, 0.05) is 6.07 Å². The first-order valence-electron chi connectivity index (χ1n) is 5.42. The summed E-state index contributed by atoms with van der Waals surface area (Å²) in [5.74, 6) is -0.153. The smallest absolute Gasteiger partial charge is 0.357 e. The number of hydrogen-bond acceptors (Lipinski definition) is 6. The van der Waals surface area contributed by atoms with E-state index in [2.05, 4.69) is 10.3 Å². The van der Waals surface area contributed by atoms with Gasteiger partial charge in [-0.3, -0.25) is 0 Å². The lowest BCUT2D eigenvalue weighted by atomic mass is 10.2. The molecular weight excluding hydrogens is 304 g/mol. The Morgan fingerprint density at radius 2 is 2.05 bits per heavy atom. The van der Waals surface area contributed by atoms with Gasteiger partial charge in [-0.2, -0.15) is 0 Å². The van der Waals surface area contributed by atoms with Crippen molar-refractivity contribution in [1.29, 1.82) is 0 Å². The minimum Gasteiger partial charge on any atom is -0.495 e. The summed E-state index contributed by atoms with van der Waals surface area (Å²) in [4.78, 5) is 14.8. The third kappa shape index (κ3) is 2.78. The first kappa shape index (κ1) is 14.4. The normalized spacial score (nSPS) is 10.2. The Labute approximate surface area is 123 Å². The highest BCUT2D eigenvalue weighted by Crippen LogP contribution is 2.38. The quantitative estimate of drug-likeness (QED) is 0.881. The van der Waals surface area contributed by atoms with Crippen LogP contribution in [0.4, 0.5) is 10.7 Å². The van der Waals surface area contributed by atoms with Crippen LogP contribution in [0.25, 0.3) is 0 Å². The fourth-order valence-electron chi connectivity index (χ4n) is 1.57. The molecule has 0 radical (unpaired) electrons. The number of aromatic carboxylic acids is 1. The highest BCUT2D eigenvalue weighted by molar-refractivity contribution is 7.14. The van der Waals surface area contributed by atoms with Gasteiger partial charge in [0.1, 0.15) is 16.5 Å². The summed E-state index contributed by atoms with van der Waals surface area (Å²) in [5, 5.41) is 12.8. The number of anilines is 2. The van der Waals surface area contributed by atoms with Crippen LogP contribution in [0.3, 0.4) is 0 Å². The molecule has 0 atom stereocenters. The summed E-state index contributed by atoms with van der Waals surface area (Å²) >= 11 is 7.23.